The molecule has 0 unspecified atom stereocenters. The van der Waals surface area contributed by atoms with Crippen molar-refractivity contribution in [3.05, 3.63) is 60.1 Å². The lowest BCUT2D eigenvalue weighted by Gasteiger charge is -2.16. The molecular formula is C24H26N8O5. The maximum Gasteiger partial charge on any atom is 0.335 e. The highest BCUT2D eigenvalue weighted by molar-refractivity contribution is 5.98. The standard InChI is InChI=1S/C24H26N8O5/c1-4-19(33)31-6-5-16(12-31)32-11-15(9-27-32)28-24-26-10-17(21(25)34)22(30-24)29-20-13(2)7-14(23(35)36)8-18(20)37-3/h4,7-11,16H,1,5-6,12H2,2-3H3,(H2,25,34)(H,35,36)(H2,26,28,29,30)/t16-/m1/s1. The van der Waals surface area contributed by atoms with E-state index in [2.05, 4.69) is 32.3 Å². The van der Waals surface area contributed by atoms with Gasteiger partial charge in [0.1, 0.15) is 17.1 Å². The number of aromatic carboxylic acids is 1. The number of anilines is 4. The molecule has 1 atom stereocenters. The van der Waals surface area contributed by atoms with Crippen LogP contribution in [0.4, 0.5) is 23.1 Å². The van der Waals surface area contributed by atoms with Crippen LogP contribution in [0.1, 0.15) is 38.7 Å². The number of amides is 2. The molecule has 2 amide bonds. The zero-order chi connectivity index (χ0) is 26.7. The predicted octanol–water partition coefficient (Wildman–Crippen LogP) is 2.23. The molecule has 0 spiro atoms. The smallest absolute Gasteiger partial charge is 0.335 e. The lowest BCUT2D eigenvalue weighted by molar-refractivity contribution is -0.125. The molecule has 1 aliphatic rings. The number of methoxy groups -OCH3 is 1. The molecule has 4 rings (SSSR count). The Labute approximate surface area is 212 Å². The summed E-state index contributed by atoms with van der Waals surface area (Å²) in [7, 11) is 1.40. The molecule has 13 nitrogen and oxygen atoms in total. The quantitative estimate of drug-likeness (QED) is 0.315. The van der Waals surface area contributed by atoms with Gasteiger partial charge in [0.25, 0.3) is 5.91 Å². The van der Waals surface area contributed by atoms with Gasteiger partial charge in [-0.2, -0.15) is 10.1 Å². The Kier molecular flexibility index (Phi) is 7.04. The third-order valence-electron chi connectivity index (χ3n) is 5.95. The first-order valence-electron chi connectivity index (χ1n) is 11.3. The van der Waals surface area contributed by atoms with Crippen LogP contribution < -0.4 is 21.1 Å². The number of likely N-dealkylation sites (tertiary alicyclic amines) is 1. The Bertz CT molecular complexity index is 1390. The van der Waals surface area contributed by atoms with E-state index in [1.54, 1.807) is 28.9 Å². The van der Waals surface area contributed by atoms with Crippen LogP contribution in [0, 0.1) is 6.92 Å². The van der Waals surface area contributed by atoms with Gasteiger partial charge in [0, 0.05) is 25.5 Å². The first kappa shape index (κ1) is 25.2. The van der Waals surface area contributed by atoms with Crippen LogP contribution in [-0.2, 0) is 4.79 Å². The number of ether oxygens (including phenoxy) is 1. The average Bonchev–Trinajstić information content (AvgIpc) is 3.54. The van der Waals surface area contributed by atoms with Gasteiger partial charge in [-0.3, -0.25) is 14.3 Å². The Balaban J connectivity index is 1.58. The summed E-state index contributed by atoms with van der Waals surface area (Å²) in [6.45, 7) is 6.38. The van der Waals surface area contributed by atoms with Gasteiger partial charge >= 0.3 is 5.97 Å². The molecule has 13 heteroatoms. The van der Waals surface area contributed by atoms with Gasteiger partial charge in [-0.15, -0.1) is 0 Å². The number of primary amides is 1. The molecule has 2 aromatic heterocycles. The molecule has 37 heavy (non-hydrogen) atoms. The number of aromatic nitrogens is 4. The molecule has 3 aromatic rings. The second kappa shape index (κ2) is 10.4. The number of nitrogens with one attached hydrogen (secondary N) is 2. The number of carbonyl (C=O) groups is 3. The van der Waals surface area contributed by atoms with E-state index < -0.39 is 11.9 Å². The number of nitrogens with two attached hydrogens (primary N) is 1. The molecule has 192 valence electrons. The van der Waals surface area contributed by atoms with Gasteiger partial charge in [-0.05, 0) is 37.1 Å². The van der Waals surface area contributed by atoms with Crippen LogP contribution in [0.25, 0.3) is 0 Å². The van der Waals surface area contributed by atoms with E-state index >= 15 is 0 Å². The number of carboxylic acid groups (broad SMARTS) is 1. The lowest BCUT2D eigenvalue weighted by Crippen LogP contribution is -2.27. The third-order valence-corrected chi connectivity index (χ3v) is 5.95. The number of hydrogen-bond donors (Lipinski definition) is 4. The van der Waals surface area contributed by atoms with Crippen LogP contribution in [0.3, 0.4) is 0 Å². The molecule has 0 radical (unpaired) electrons. The molecule has 0 saturated carbocycles. The summed E-state index contributed by atoms with van der Waals surface area (Å²) < 4.78 is 7.13. The fourth-order valence-corrected chi connectivity index (χ4v) is 4.05. The summed E-state index contributed by atoms with van der Waals surface area (Å²) >= 11 is 0. The number of carboxylic acids is 1. The first-order chi connectivity index (χ1) is 17.7. The van der Waals surface area contributed by atoms with Crippen LogP contribution >= 0.6 is 0 Å². The second-order valence-electron chi connectivity index (χ2n) is 8.39. The molecule has 1 aromatic carbocycles. The predicted molar refractivity (Wildman–Crippen MR) is 134 cm³/mol. The van der Waals surface area contributed by atoms with Gasteiger partial charge in [0.15, 0.2) is 0 Å². The van der Waals surface area contributed by atoms with Crippen molar-refractivity contribution in [2.45, 2.75) is 19.4 Å². The summed E-state index contributed by atoms with van der Waals surface area (Å²) in [5, 5.41) is 19.8. The maximum absolute atomic E-state index is 12.0. The van der Waals surface area contributed by atoms with Crippen LogP contribution in [0.2, 0.25) is 0 Å². The Hall–Kier alpha value is -4.94. The van der Waals surface area contributed by atoms with Crippen molar-refractivity contribution in [2.75, 3.05) is 30.8 Å². The highest BCUT2D eigenvalue weighted by atomic mass is 16.5. The molecule has 3 heterocycles. The van der Waals surface area contributed by atoms with Crippen molar-refractivity contribution in [1.29, 1.82) is 0 Å². The van der Waals surface area contributed by atoms with E-state index in [0.717, 1.165) is 6.42 Å². The van der Waals surface area contributed by atoms with Crippen molar-refractivity contribution in [2.24, 2.45) is 5.73 Å². The average molecular weight is 507 g/mol. The van der Waals surface area contributed by atoms with Crippen molar-refractivity contribution in [1.82, 2.24) is 24.6 Å². The topological polar surface area (TPSA) is 178 Å². The van der Waals surface area contributed by atoms with Crippen LogP contribution in [-0.4, -0.2) is 67.7 Å². The molecule has 1 aliphatic heterocycles. The minimum Gasteiger partial charge on any atom is -0.495 e. The normalized spacial score (nSPS) is 14.8. The molecule has 0 bridgehead atoms. The number of nitrogens with zero attached hydrogens (tertiary/aromatic N) is 5. The van der Waals surface area contributed by atoms with Gasteiger partial charge in [0.05, 0.1) is 36.3 Å². The van der Waals surface area contributed by atoms with Crippen molar-refractivity contribution in [3.63, 3.8) is 0 Å². The van der Waals surface area contributed by atoms with Gasteiger partial charge < -0.3 is 31.1 Å². The first-order valence-corrected chi connectivity index (χ1v) is 11.3. The van der Waals surface area contributed by atoms with Gasteiger partial charge in [0.2, 0.25) is 11.9 Å². The molecule has 5 N–H and O–H groups in total. The Morgan fingerprint density at radius 2 is 2.05 bits per heavy atom. The highest BCUT2D eigenvalue weighted by Gasteiger charge is 2.27. The fraction of sp³-hybridized carbons (Fsp3) is 0.250. The minimum atomic E-state index is -1.10. The number of benzene rings is 1. The third kappa shape index (κ3) is 5.34. The van der Waals surface area contributed by atoms with Gasteiger partial charge in [-0.1, -0.05) is 6.58 Å². The van der Waals surface area contributed by atoms with Gasteiger partial charge in [-0.25, -0.2) is 9.78 Å². The zero-order valence-electron chi connectivity index (χ0n) is 20.3. The van der Waals surface area contributed by atoms with E-state index in [-0.39, 0.29) is 40.6 Å². The molecule has 0 aliphatic carbocycles. The highest BCUT2D eigenvalue weighted by Crippen LogP contribution is 2.33. The molecule has 1 saturated heterocycles. The maximum atomic E-state index is 12.0. The number of hydrogen-bond acceptors (Lipinski definition) is 9. The summed E-state index contributed by atoms with van der Waals surface area (Å²) in [4.78, 5) is 45.6. The number of rotatable bonds is 9. The van der Waals surface area contributed by atoms with Crippen LogP contribution in [0.15, 0.2) is 43.4 Å². The van der Waals surface area contributed by atoms with E-state index in [1.165, 1.54) is 31.5 Å². The minimum absolute atomic E-state index is 0.0269. The van der Waals surface area contributed by atoms with Crippen molar-refractivity contribution < 1.29 is 24.2 Å². The Morgan fingerprint density at radius 1 is 1.27 bits per heavy atom. The summed E-state index contributed by atoms with van der Waals surface area (Å²) in [6.07, 6.45) is 6.74. The van der Waals surface area contributed by atoms with Crippen molar-refractivity contribution in [3.8, 4) is 5.75 Å². The lowest BCUT2D eigenvalue weighted by atomic mass is 10.1. The van der Waals surface area contributed by atoms with Crippen molar-refractivity contribution >= 4 is 40.9 Å². The summed E-state index contributed by atoms with van der Waals surface area (Å²) in [6, 6.07) is 2.86. The summed E-state index contributed by atoms with van der Waals surface area (Å²) in [5.74, 6) is -1.43. The van der Waals surface area contributed by atoms with E-state index in [9.17, 15) is 19.5 Å². The van der Waals surface area contributed by atoms with E-state index in [4.69, 9.17) is 10.5 Å². The fourth-order valence-electron chi connectivity index (χ4n) is 4.05. The van der Waals surface area contributed by atoms with E-state index in [0.29, 0.717) is 30.0 Å². The molecule has 1 fully saturated rings. The number of carbonyl (C=O) groups excluding carboxylic acids is 2. The second-order valence-corrected chi connectivity index (χ2v) is 8.39. The SMILES string of the molecule is C=CC(=O)N1CC[C@@H](n2cc(Nc3ncc(C(N)=O)c(Nc4c(C)cc(C(=O)O)cc4OC)n3)cn2)C1. The largest absolute Gasteiger partial charge is 0.495 e. The number of aryl methyl sites for hydroxylation is 1. The summed E-state index contributed by atoms with van der Waals surface area (Å²) in [5.41, 5.74) is 7.19. The zero-order valence-corrected chi connectivity index (χ0v) is 20.3. The van der Waals surface area contributed by atoms with Crippen LogP contribution in [0.5, 0.6) is 5.75 Å². The van der Waals surface area contributed by atoms with E-state index in [1.807, 2.05) is 0 Å². The Morgan fingerprint density at radius 3 is 2.73 bits per heavy atom. The molecular weight excluding hydrogens is 480 g/mol. The monoisotopic (exact) mass is 506 g/mol.